The molecule has 0 saturated carbocycles. The predicted molar refractivity (Wildman–Crippen MR) is 70.2 cm³/mol. The van der Waals surface area contributed by atoms with E-state index in [4.69, 9.17) is 9.84 Å². The molecule has 1 aromatic carbocycles. The largest absolute Gasteiger partial charge is 0.489 e. The minimum Gasteiger partial charge on any atom is -0.489 e. The first-order chi connectivity index (χ1) is 8.79. The number of hydrogen-bond acceptors (Lipinski definition) is 4. The molecule has 0 aromatic heterocycles. The van der Waals surface area contributed by atoms with Gasteiger partial charge in [-0.3, -0.25) is 4.79 Å². The van der Waals surface area contributed by atoms with Gasteiger partial charge in [0.2, 0.25) is 0 Å². The minimum atomic E-state index is -3.70. The number of carbonyl (C=O) groups is 1. The number of ether oxygens (including phenoxy) is 1. The lowest BCUT2D eigenvalue weighted by atomic mass is 10.1. The van der Waals surface area contributed by atoms with Gasteiger partial charge in [0.05, 0.1) is 5.75 Å². The average Bonchev–Trinajstić information content (AvgIpc) is 2.68. The number of carboxylic acid groups (broad SMARTS) is 1. The predicted octanol–water partition coefficient (Wildman–Crippen LogP) is 1.19. The Bertz CT molecular complexity index is 605. The van der Waals surface area contributed by atoms with Crippen molar-refractivity contribution in [2.45, 2.75) is 31.6 Å². The van der Waals surface area contributed by atoms with Crippen LogP contribution in [0.5, 0.6) is 5.75 Å². The van der Waals surface area contributed by atoms with Gasteiger partial charge in [-0.2, -0.15) is 0 Å². The minimum absolute atomic E-state index is 0.270. The summed E-state index contributed by atoms with van der Waals surface area (Å²) >= 11 is 0. The second-order valence-corrected chi connectivity index (χ2v) is 7.23. The Morgan fingerprint density at radius 2 is 2.21 bits per heavy atom. The Balaban J connectivity index is 2.10. The molecule has 19 heavy (non-hydrogen) atoms. The lowest BCUT2D eigenvalue weighted by Crippen LogP contribution is -2.35. The summed E-state index contributed by atoms with van der Waals surface area (Å²) in [5.74, 6) is -0.908. The van der Waals surface area contributed by atoms with E-state index < -0.39 is 27.2 Å². The van der Waals surface area contributed by atoms with Crippen LogP contribution in [0.15, 0.2) is 18.2 Å². The van der Waals surface area contributed by atoms with Crippen LogP contribution in [0.2, 0.25) is 0 Å². The second kappa shape index (κ2) is 4.85. The molecular weight excluding hydrogens is 268 g/mol. The summed E-state index contributed by atoms with van der Waals surface area (Å²) in [6.45, 7) is 3.14. The van der Waals surface area contributed by atoms with Crippen LogP contribution in [-0.4, -0.2) is 36.6 Å². The van der Waals surface area contributed by atoms with Crippen molar-refractivity contribution >= 4 is 15.8 Å². The first-order valence-electron chi connectivity index (χ1n) is 6.00. The molecule has 1 aromatic rings. The topological polar surface area (TPSA) is 80.7 Å². The maximum atomic E-state index is 11.9. The fourth-order valence-corrected chi connectivity index (χ4v) is 3.40. The van der Waals surface area contributed by atoms with E-state index in [0.717, 1.165) is 11.1 Å². The van der Waals surface area contributed by atoms with Gasteiger partial charge in [0, 0.05) is 6.42 Å². The number of aliphatic carboxylic acids is 1. The van der Waals surface area contributed by atoms with Crippen molar-refractivity contribution in [1.82, 2.24) is 0 Å². The van der Waals surface area contributed by atoms with Crippen LogP contribution >= 0.6 is 0 Å². The Hall–Kier alpha value is -1.56. The Kier molecular flexibility index (Phi) is 3.54. The SMILES string of the molecule is Cc1ccc2c(c1)CC(CS(=O)(=O)C(C)C(=O)O)O2. The molecular formula is C13H16O5S. The van der Waals surface area contributed by atoms with Crippen LogP contribution in [0, 0.1) is 6.92 Å². The molecule has 1 aliphatic rings. The van der Waals surface area contributed by atoms with Crippen LogP contribution in [0.1, 0.15) is 18.1 Å². The highest BCUT2D eigenvalue weighted by atomic mass is 32.2. The molecule has 5 nitrogen and oxygen atoms in total. The Morgan fingerprint density at radius 3 is 2.84 bits per heavy atom. The summed E-state index contributed by atoms with van der Waals surface area (Å²) in [6, 6.07) is 5.68. The third-order valence-electron chi connectivity index (χ3n) is 3.26. The molecule has 1 heterocycles. The van der Waals surface area contributed by atoms with Crippen molar-refractivity contribution in [3.8, 4) is 5.75 Å². The van der Waals surface area contributed by atoms with Gasteiger partial charge in [-0.25, -0.2) is 8.42 Å². The number of aryl methyl sites for hydroxylation is 1. The van der Waals surface area contributed by atoms with Gasteiger partial charge in [-0.05, 0) is 25.5 Å². The molecule has 1 aliphatic heterocycles. The highest BCUT2D eigenvalue weighted by molar-refractivity contribution is 7.92. The van der Waals surface area contributed by atoms with Crippen molar-refractivity contribution in [2.75, 3.05) is 5.75 Å². The normalized spacial score (nSPS) is 19.6. The fourth-order valence-electron chi connectivity index (χ4n) is 2.10. The summed E-state index contributed by atoms with van der Waals surface area (Å²) in [4.78, 5) is 10.8. The Morgan fingerprint density at radius 1 is 1.53 bits per heavy atom. The van der Waals surface area contributed by atoms with Crippen molar-refractivity contribution in [1.29, 1.82) is 0 Å². The van der Waals surface area contributed by atoms with Gasteiger partial charge >= 0.3 is 5.97 Å². The van der Waals surface area contributed by atoms with Crippen LogP contribution < -0.4 is 4.74 Å². The molecule has 2 unspecified atom stereocenters. The van der Waals surface area contributed by atoms with Gasteiger partial charge < -0.3 is 9.84 Å². The Labute approximate surface area is 112 Å². The molecule has 0 radical (unpaired) electrons. The van der Waals surface area contributed by atoms with Gasteiger partial charge in [0.15, 0.2) is 15.1 Å². The lowest BCUT2D eigenvalue weighted by molar-refractivity contribution is -0.136. The van der Waals surface area contributed by atoms with Crippen molar-refractivity contribution < 1.29 is 23.1 Å². The smallest absolute Gasteiger partial charge is 0.321 e. The standard InChI is InChI=1S/C13H16O5S/c1-8-3-4-12-10(5-8)6-11(18-12)7-19(16,17)9(2)13(14)15/h3-5,9,11H,6-7H2,1-2H3,(H,14,15). The van der Waals surface area contributed by atoms with E-state index in [0.29, 0.717) is 12.2 Å². The highest BCUT2D eigenvalue weighted by Crippen LogP contribution is 2.30. The van der Waals surface area contributed by atoms with E-state index in [1.54, 1.807) is 0 Å². The first-order valence-corrected chi connectivity index (χ1v) is 7.71. The number of fused-ring (bicyclic) bond motifs is 1. The van der Waals surface area contributed by atoms with Gasteiger partial charge in [0.25, 0.3) is 0 Å². The zero-order chi connectivity index (χ0) is 14.2. The number of carboxylic acids is 1. The number of rotatable bonds is 4. The highest BCUT2D eigenvalue weighted by Gasteiger charge is 2.34. The maximum Gasteiger partial charge on any atom is 0.321 e. The quantitative estimate of drug-likeness (QED) is 0.898. The molecule has 2 rings (SSSR count). The molecule has 2 atom stereocenters. The van der Waals surface area contributed by atoms with Crippen LogP contribution in [-0.2, 0) is 21.1 Å². The number of hydrogen-bond donors (Lipinski definition) is 1. The zero-order valence-electron chi connectivity index (χ0n) is 10.8. The number of benzene rings is 1. The molecule has 1 N–H and O–H groups in total. The molecule has 0 amide bonds. The van der Waals surface area contributed by atoms with Crippen molar-refractivity contribution in [2.24, 2.45) is 0 Å². The summed E-state index contributed by atoms with van der Waals surface area (Å²) in [5, 5.41) is 7.38. The third-order valence-corrected chi connectivity index (χ3v) is 5.38. The van der Waals surface area contributed by atoms with E-state index in [9.17, 15) is 13.2 Å². The van der Waals surface area contributed by atoms with Crippen molar-refractivity contribution in [3.05, 3.63) is 29.3 Å². The zero-order valence-corrected chi connectivity index (χ0v) is 11.6. The fraction of sp³-hybridized carbons (Fsp3) is 0.462. The summed E-state index contributed by atoms with van der Waals surface area (Å²) in [7, 11) is -3.70. The molecule has 6 heteroatoms. The van der Waals surface area contributed by atoms with Crippen LogP contribution in [0.25, 0.3) is 0 Å². The summed E-state index contributed by atoms with van der Waals surface area (Å²) in [6.07, 6.45) is 0.00590. The van der Waals surface area contributed by atoms with Gasteiger partial charge in [-0.1, -0.05) is 17.7 Å². The number of sulfone groups is 1. The molecule has 0 bridgehead atoms. The monoisotopic (exact) mass is 284 g/mol. The van der Waals surface area contributed by atoms with E-state index >= 15 is 0 Å². The lowest BCUT2D eigenvalue weighted by Gasteiger charge is -2.13. The van der Waals surface area contributed by atoms with E-state index in [-0.39, 0.29) is 5.75 Å². The molecule has 0 aliphatic carbocycles. The maximum absolute atomic E-state index is 11.9. The molecule has 0 fully saturated rings. The van der Waals surface area contributed by atoms with Crippen LogP contribution in [0.3, 0.4) is 0 Å². The third kappa shape index (κ3) is 2.89. The van der Waals surface area contributed by atoms with Gasteiger partial charge in [0.1, 0.15) is 11.9 Å². The average molecular weight is 284 g/mol. The van der Waals surface area contributed by atoms with Crippen molar-refractivity contribution in [3.63, 3.8) is 0 Å². The molecule has 104 valence electrons. The van der Waals surface area contributed by atoms with E-state index in [2.05, 4.69) is 0 Å². The molecule has 0 spiro atoms. The summed E-state index contributed by atoms with van der Waals surface area (Å²) < 4.78 is 29.3. The first kappa shape index (κ1) is 13.9. The molecule has 0 saturated heterocycles. The van der Waals surface area contributed by atoms with Gasteiger partial charge in [-0.15, -0.1) is 0 Å². The van der Waals surface area contributed by atoms with Crippen LogP contribution in [0.4, 0.5) is 0 Å². The summed E-state index contributed by atoms with van der Waals surface area (Å²) in [5.41, 5.74) is 2.06. The second-order valence-electron chi connectivity index (χ2n) is 4.87. The van der Waals surface area contributed by atoms with E-state index in [1.807, 2.05) is 25.1 Å². The van der Waals surface area contributed by atoms with E-state index in [1.165, 1.54) is 6.92 Å².